The molecule has 2 N–H and O–H groups in total. The normalized spacial score (nSPS) is 11.1. The second-order valence-corrected chi connectivity index (χ2v) is 3.64. The maximum absolute atomic E-state index is 11.3. The van der Waals surface area contributed by atoms with E-state index in [1.54, 1.807) is 18.2 Å². The first-order valence-electron chi connectivity index (χ1n) is 5.92. The summed E-state index contributed by atoms with van der Waals surface area (Å²) in [6.07, 6.45) is 0.581. The van der Waals surface area contributed by atoms with Crippen LogP contribution in [0.5, 0.6) is 5.75 Å². The Morgan fingerprint density at radius 2 is 2.11 bits per heavy atom. The minimum atomic E-state index is -0.175. The average Bonchev–Trinajstić information content (AvgIpc) is 2.39. The van der Waals surface area contributed by atoms with Crippen molar-refractivity contribution in [1.82, 2.24) is 5.32 Å². The Balaban J connectivity index is 2.80. The first-order valence-corrected chi connectivity index (χ1v) is 5.92. The van der Waals surface area contributed by atoms with E-state index in [9.17, 15) is 4.79 Å². The largest absolute Gasteiger partial charge is 0.483 e. The molecule has 1 amide bonds. The number of benzene rings is 1. The summed E-state index contributed by atoms with van der Waals surface area (Å²) >= 11 is 0. The van der Waals surface area contributed by atoms with Crippen LogP contribution in [-0.2, 0) is 4.79 Å². The maximum Gasteiger partial charge on any atom is 0.257 e. The maximum atomic E-state index is 11.3. The zero-order valence-electron chi connectivity index (χ0n) is 10.6. The van der Waals surface area contributed by atoms with Crippen molar-refractivity contribution in [3.63, 3.8) is 0 Å². The summed E-state index contributed by atoms with van der Waals surface area (Å²) in [5.41, 5.74) is 1.23. The molecule has 0 radical (unpaired) electrons. The van der Waals surface area contributed by atoms with Crippen molar-refractivity contribution in [2.24, 2.45) is 5.16 Å². The molecule has 0 atom stereocenters. The molecule has 0 spiro atoms. The molecule has 5 nitrogen and oxygen atoms in total. The first-order chi connectivity index (χ1) is 8.72. The fourth-order valence-corrected chi connectivity index (χ4v) is 1.54. The van der Waals surface area contributed by atoms with Crippen LogP contribution in [0.1, 0.15) is 25.8 Å². The Morgan fingerprint density at radius 3 is 2.72 bits per heavy atom. The lowest BCUT2D eigenvalue weighted by molar-refractivity contribution is -0.122. The molecule has 98 valence electrons. The van der Waals surface area contributed by atoms with E-state index in [0.717, 1.165) is 0 Å². The molecule has 1 rings (SSSR count). The Labute approximate surface area is 106 Å². The standard InChI is InChI=1S/C13H18N2O3/c1-3-11(15-17)10-7-5-6-8-12(10)18-9-13(16)14-4-2/h5-8,17H,3-4,9H2,1-2H3,(H,14,16)/b15-11+. The number of nitrogens with zero attached hydrogens (tertiary/aromatic N) is 1. The van der Waals surface area contributed by atoms with Crippen molar-refractivity contribution in [1.29, 1.82) is 0 Å². The van der Waals surface area contributed by atoms with Crippen LogP contribution < -0.4 is 10.1 Å². The molecule has 0 unspecified atom stereocenters. The van der Waals surface area contributed by atoms with Crippen molar-refractivity contribution >= 4 is 11.6 Å². The average molecular weight is 250 g/mol. The quantitative estimate of drug-likeness (QED) is 0.459. The molecule has 0 aliphatic carbocycles. The summed E-state index contributed by atoms with van der Waals surface area (Å²) in [4.78, 5) is 11.3. The lowest BCUT2D eigenvalue weighted by Crippen LogP contribution is -2.28. The van der Waals surface area contributed by atoms with Crippen molar-refractivity contribution in [3.8, 4) is 5.75 Å². The number of para-hydroxylation sites is 1. The molecule has 5 heteroatoms. The monoisotopic (exact) mass is 250 g/mol. The number of amides is 1. The van der Waals surface area contributed by atoms with Gasteiger partial charge in [0.2, 0.25) is 0 Å². The fourth-order valence-electron chi connectivity index (χ4n) is 1.54. The third-order valence-electron chi connectivity index (χ3n) is 2.39. The minimum absolute atomic E-state index is 0.0483. The van der Waals surface area contributed by atoms with E-state index in [2.05, 4.69) is 10.5 Å². The molecular formula is C13H18N2O3. The summed E-state index contributed by atoms with van der Waals surface area (Å²) < 4.78 is 5.43. The third-order valence-corrected chi connectivity index (χ3v) is 2.39. The van der Waals surface area contributed by atoms with Crippen LogP contribution in [0.4, 0.5) is 0 Å². The molecule has 18 heavy (non-hydrogen) atoms. The van der Waals surface area contributed by atoms with Crippen LogP contribution in [0, 0.1) is 0 Å². The Kier molecular flexibility index (Phi) is 5.70. The molecule has 1 aromatic rings. The van der Waals surface area contributed by atoms with Gasteiger partial charge in [-0.15, -0.1) is 0 Å². The summed E-state index contributed by atoms with van der Waals surface area (Å²) in [7, 11) is 0. The number of carbonyl (C=O) groups is 1. The van der Waals surface area contributed by atoms with E-state index < -0.39 is 0 Å². The molecule has 0 bridgehead atoms. The molecule has 0 aromatic heterocycles. The van der Waals surface area contributed by atoms with Crippen molar-refractivity contribution in [2.75, 3.05) is 13.2 Å². The summed E-state index contributed by atoms with van der Waals surface area (Å²) in [5.74, 6) is 0.365. The molecular weight excluding hydrogens is 232 g/mol. The second kappa shape index (κ2) is 7.32. The van der Waals surface area contributed by atoms with Crippen LogP contribution in [-0.4, -0.2) is 30.0 Å². The molecule has 0 aliphatic rings. The number of carbonyl (C=O) groups excluding carboxylic acids is 1. The van der Waals surface area contributed by atoms with Crippen LogP contribution in [0.15, 0.2) is 29.4 Å². The number of rotatable bonds is 6. The lowest BCUT2D eigenvalue weighted by Gasteiger charge is -2.11. The van der Waals surface area contributed by atoms with Gasteiger partial charge in [-0.1, -0.05) is 24.2 Å². The number of oxime groups is 1. The van der Waals surface area contributed by atoms with Crippen molar-refractivity contribution in [3.05, 3.63) is 29.8 Å². The fraction of sp³-hybridized carbons (Fsp3) is 0.385. The Bertz CT molecular complexity index is 430. The van der Waals surface area contributed by atoms with Gasteiger partial charge in [-0.3, -0.25) is 4.79 Å². The predicted octanol–water partition coefficient (Wildman–Crippen LogP) is 1.79. The number of hydrogen-bond acceptors (Lipinski definition) is 4. The number of hydrogen-bond donors (Lipinski definition) is 2. The molecule has 0 saturated carbocycles. The summed E-state index contributed by atoms with van der Waals surface area (Å²) in [6.45, 7) is 4.25. The molecule has 0 heterocycles. The lowest BCUT2D eigenvalue weighted by atomic mass is 10.1. The number of likely N-dealkylation sites (N-methyl/N-ethyl adjacent to an activating group) is 1. The van der Waals surface area contributed by atoms with Gasteiger partial charge in [0, 0.05) is 12.1 Å². The van der Waals surface area contributed by atoms with Gasteiger partial charge in [-0.2, -0.15) is 0 Å². The minimum Gasteiger partial charge on any atom is -0.483 e. The predicted molar refractivity (Wildman–Crippen MR) is 69.2 cm³/mol. The number of ether oxygens (including phenoxy) is 1. The van der Waals surface area contributed by atoms with Crippen LogP contribution in [0.25, 0.3) is 0 Å². The highest BCUT2D eigenvalue weighted by atomic mass is 16.5. The van der Waals surface area contributed by atoms with E-state index in [4.69, 9.17) is 9.94 Å². The zero-order valence-corrected chi connectivity index (χ0v) is 10.6. The smallest absolute Gasteiger partial charge is 0.257 e. The van der Waals surface area contributed by atoms with Gasteiger partial charge < -0.3 is 15.3 Å². The van der Waals surface area contributed by atoms with Crippen LogP contribution >= 0.6 is 0 Å². The van der Waals surface area contributed by atoms with E-state index in [1.165, 1.54) is 0 Å². The van der Waals surface area contributed by atoms with Crippen molar-refractivity contribution < 1.29 is 14.7 Å². The molecule has 1 aromatic carbocycles. The Morgan fingerprint density at radius 1 is 1.39 bits per heavy atom. The topological polar surface area (TPSA) is 70.9 Å². The zero-order chi connectivity index (χ0) is 13.4. The number of nitrogens with one attached hydrogen (secondary N) is 1. The van der Waals surface area contributed by atoms with Gasteiger partial charge in [-0.05, 0) is 25.5 Å². The molecule has 0 fully saturated rings. The van der Waals surface area contributed by atoms with Gasteiger partial charge in [0.25, 0.3) is 5.91 Å². The SMILES string of the molecule is CCNC(=O)COc1ccccc1/C(CC)=N/O. The van der Waals surface area contributed by atoms with Gasteiger partial charge in [0.15, 0.2) is 6.61 Å². The van der Waals surface area contributed by atoms with E-state index >= 15 is 0 Å². The van der Waals surface area contributed by atoms with E-state index in [-0.39, 0.29) is 12.5 Å². The van der Waals surface area contributed by atoms with Gasteiger partial charge in [0.1, 0.15) is 5.75 Å². The first kappa shape index (κ1) is 14.0. The Hall–Kier alpha value is -2.04. The van der Waals surface area contributed by atoms with Gasteiger partial charge in [-0.25, -0.2) is 0 Å². The van der Waals surface area contributed by atoms with Crippen LogP contribution in [0.2, 0.25) is 0 Å². The molecule has 0 aliphatic heterocycles. The van der Waals surface area contributed by atoms with Gasteiger partial charge >= 0.3 is 0 Å². The summed E-state index contributed by atoms with van der Waals surface area (Å²) in [6, 6.07) is 7.18. The third kappa shape index (κ3) is 3.76. The highest BCUT2D eigenvalue weighted by molar-refractivity contribution is 6.02. The molecule has 0 saturated heterocycles. The van der Waals surface area contributed by atoms with Gasteiger partial charge in [0.05, 0.1) is 5.71 Å². The van der Waals surface area contributed by atoms with E-state index in [1.807, 2.05) is 19.9 Å². The second-order valence-electron chi connectivity index (χ2n) is 3.64. The highest BCUT2D eigenvalue weighted by Gasteiger charge is 2.10. The van der Waals surface area contributed by atoms with E-state index in [0.29, 0.717) is 30.0 Å². The summed E-state index contributed by atoms with van der Waals surface area (Å²) in [5, 5.41) is 14.8. The van der Waals surface area contributed by atoms with Crippen LogP contribution in [0.3, 0.4) is 0 Å². The van der Waals surface area contributed by atoms with Crippen molar-refractivity contribution in [2.45, 2.75) is 20.3 Å². The highest BCUT2D eigenvalue weighted by Crippen LogP contribution is 2.20.